The molecule has 100 valence electrons. The third kappa shape index (κ3) is 2.51. The number of benzene rings is 1. The van der Waals surface area contributed by atoms with Crippen molar-refractivity contribution >= 4 is 28.3 Å². The van der Waals surface area contributed by atoms with E-state index in [1.54, 1.807) is 6.20 Å². The topological polar surface area (TPSA) is 77.8 Å². The second-order valence-corrected chi connectivity index (χ2v) is 5.62. The highest BCUT2D eigenvalue weighted by Gasteiger charge is 2.14. The average molecular weight is 378 g/mol. The molecule has 0 aliphatic rings. The van der Waals surface area contributed by atoms with Crippen LogP contribution in [0, 0.1) is 10.5 Å². The Kier molecular flexibility index (Phi) is 3.39. The second kappa shape index (κ2) is 5.20. The van der Waals surface area contributed by atoms with Crippen molar-refractivity contribution in [2.24, 2.45) is 0 Å². The molecule has 0 unspecified atom stereocenters. The summed E-state index contributed by atoms with van der Waals surface area (Å²) in [6, 6.07) is 9.50. The molecule has 0 bridgehead atoms. The molecule has 3 aromatic rings. The van der Waals surface area contributed by atoms with Crippen LogP contribution in [0.5, 0.6) is 0 Å². The van der Waals surface area contributed by atoms with Crippen molar-refractivity contribution in [1.82, 2.24) is 15.1 Å². The number of nitrogens with zero attached hydrogens (tertiary/aromatic N) is 3. The maximum atomic E-state index is 5.95. The number of rotatable bonds is 2. The molecule has 0 saturated carbocycles. The first-order valence-electron chi connectivity index (χ1n) is 5.95. The van der Waals surface area contributed by atoms with Gasteiger partial charge in [0.15, 0.2) is 0 Å². The summed E-state index contributed by atoms with van der Waals surface area (Å²) in [6.07, 6.45) is 1.72. The molecule has 2 aromatic heterocycles. The lowest BCUT2D eigenvalue weighted by Crippen LogP contribution is -1.91. The summed E-state index contributed by atoms with van der Waals surface area (Å²) in [6.45, 7) is 1.99. The van der Waals surface area contributed by atoms with Gasteiger partial charge in [0, 0.05) is 15.5 Å². The van der Waals surface area contributed by atoms with Gasteiger partial charge < -0.3 is 10.3 Å². The van der Waals surface area contributed by atoms with Gasteiger partial charge in [-0.05, 0) is 65.4 Å². The summed E-state index contributed by atoms with van der Waals surface area (Å²) in [5, 5.41) is 3.97. The summed E-state index contributed by atoms with van der Waals surface area (Å²) in [5.74, 6) is 0.862. The summed E-state index contributed by atoms with van der Waals surface area (Å²) in [7, 11) is 0. The van der Waals surface area contributed by atoms with Crippen LogP contribution in [0.1, 0.15) is 5.56 Å². The van der Waals surface area contributed by atoms with Gasteiger partial charge in [-0.1, -0.05) is 5.16 Å². The number of anilines is 1. The first kappa shape index (κ1) is 13.0. The van der Waals surface area contributed by atoms with Crippen molar-refractivity contribution in [3.05, 3.63) is 45.7 Å². The van der Waals surface area contributed by atoms with E-state index in [0.717, 1.165) is 14.7 Å². The van der Waals surface area contributed by atoms with Crippen LogP contribution in [0.4, 0.5) is 5.69 Å². The molecule has 2 N–H and O–H groups in total. The van der Waals surface area contributed by atoms with E-state index in [1.807, 2.05) is 37.3 Å². The minimum Gasteiger partial charge on any atom is -0.398 e. The van der Waals surface area contributed by atoms with E-state index in [9.17, 15) is 0 Å². The molecule has 0 atom stereocenters. The van der Waals surface area contributed by atoms with Crippen LogP contribution in [0.25, 0.3) is 23.0 Å². The van der Waals surface area contributed by atoms with Crippen LogP contribution >= 0.6 is 22.6 Å². The second-order valence-electron chi connectivity index (χ2n) is 4.37. The lowest BCUT2D eigenvalue weighted by molar-refractivity contribution is 0.432. The third-order valence-corrected chi connectivity index (χ3v) is 3.49. The number of aryl methyl sites for hydroxylation is 1. The quantitative estimate of drug-likeness (QED) is 0.547. The van der Waals surface area contributed by atoms with Crippen LogP contribution in [0.15, 0.2) is 41.1 Å². The highest BCUT2D eigenvalue weighted by atomic mass is 127. The first-order chi connectivity index (χ1) is 9.63. The average Bonchev–Trinajstić information content (AvgIpc) is 2.91. The van der Waals surface area contributed by atoms with Crippen LogP contribution in [0.2, 0.25) is 0 Å². The third-order valence-electron chi connectivity index (χ3n) is 2.82. The van der Waals surface area contributed by atoms with Crippen molar-refractivity contribution in [2.75, 3.05) is 5.73 Å². The van der Waals surface area contributed by atoms with Gasteiger partial charge in [0.25, 0.3) is 5.89 Å². The van der Waals surface area contributed by atoms with E-state index < -0.39 is 0 Å². The van der Waals surface area contributed by atoms with E-state index >= 15 is 0 Å². The van der Waals surface area contributed by atoms with Gasteiger partial charge in [-0.25, -0.2) is 0 Å². The normalized spacial score (nSPS) is 10.7. The zero-order chi connectivity index (χ0) is 14.1. The summed E-state index contributed by atoms with van der Waals surface area (Å²) < 4.78 is 6.35. The van der Waals surface area contributed by atoms with E-state index in [2.05, 4.69) is 37.7 Å². The molecule has 0 amide bonds. The molecule has 20 heavy (non-hydrogen) atoms. The summed E-state index contributed by atoms with van der Waals surface area (Å²) in [5.41, 5.74) is 9.07. The molecule has 0 aliphatic carbocycles. The zero-order valence-corrected chi connectivity index (χ0v) is 12.8. The Bertz CT molecular complexity index is 769. The number of hydrogen-bond donors (Lipinski definition) is 1. The van der Waals surface area contributed by atoms with E-state index in [-0.39, 0.29) is 0 Å². The van der Waals surface area contributed by atoms with Crippen molar-refractivity contribution in [2.45, 2.75) is 6.92 Å². The van der Waals surface area contributed by atoms with Gasteiger partial charge in [0.1, 0.15) is 5.69 Å². The van der Waals surface area contributed by atoms with Crippen molar-refractivity contribution < 1.29 is 4.52 Å². The monoisotopic (exact) mass is 378 g/mol. The van der Waals surface area contributed by atoms with Crippen LogP contribution in [-0.2, 0) is 0 Å². The molecular weight excluding hydrogens is 367 g/mol. The zero-order valence-electron chi connectivity index (χ0n) is 10.7. The van der Waals surface area contributed by atoms with Crippen LogP contribution in [-0.4, -0.2) is 15.1 Å². The molecular formula is C14H11IN4O. The molecule has 2 heterocycles. The van der Waals surface area contributed by atoms with Gasteiger partial charge >= 0.3 is 0 Å². The van der Waals surface area contributed by atoms with Crippen molar-refractivity contribution in [1.29, 1.82) is 0 Å². The fourth-order valence-corrected chi connectivity index (χ4v) is 2.30. The van der Waals surface area contributed by atoms with Gasteiger partial charge in [0.2, 0.25) is 5.82 Å². The minimum atomic E-state index is 0.402. The first-order valence-corrected chi connectivity index (χ1v) is 7.03. The number of hydrogen-bond acceptors (Lipinski definition) is 5. The highest BCUT2D eigenvalue weighted by molar-refractivity contribution is 14.1. The Balaban J connectivity index is 2.04. The molecule has 1 aromatic carbocycles. The molecule has 6 heteroatoms. The van der Waals surface area contributed by atoms with E-state index in [1.165, 1.54) is 0 Å². The van der Waals surface area contributed by atoms with Gasteiger partial charge in [-0.15, -0.1) is 0 Å². The fraction of sp³-hybridized carbons (Fsp3) is 0.0714. The van der Waals surface area contributed by atoms with E-state index in [4.69, 9.17) is 10.3 Å². The largest absolute Gasteiger partial charge is 0.398 e. The van der Waals surface area contributed by atoms with Crippen molar-refractivity contribution in [3.8, 4) is 23.0 Å². The molecule has 0 aliphatic heterocycles. The number of halogens is 1. The Morgan fingerprint density at radius 2 is 2.05 bits per heavy atom. The minimum absolute atomic E-state index is 0.402. The Morgan fingerprint density at radius 3 is 2.85 bits per heavy atom. The lowest BCUT2D eigenvalue weighted by Gasteiger charge is -2.00. The predicted octanol–water partition coefficient (Wildman–Crippen LogP) is 3.29. The summed E-state index contributed by atoms with van der Waals surface area (Å²) >= 11 is 2.21. The highest BCUT2D eigenvalue weighted by Crippen LogP contribution is 2.27. The molecule has 0 spiro atoms. The summed E-state index contributed by atoms with van der Waals surface area (Å²) in [4.78, 5) is 8.61. The standard InChI is InChI=1S/C14H11IN4O/c1-8-4-5-17-12(6-8)13-18-14(20-19-13)10-7-9(15)2-3-11(10)16/h2-7H,16H2,1H3. The number of nitrogen functional groups attached to an aromatic ring is 1. The Morgan fingerprint density at radius 1 is 1.20 bits per heavy atom. The molecule has 5 nitrogen and oxygen atoms in total. The Hall–Kier alpha value is -1.96. The van der Waals surface area contributed by atoms with Crippen LogP contribution in [0.3, 0.4) is 0 Å². The molecule has 3 rings (SSSR count). The molecule has 0 radical (unpaired) electrons. The number of pyridine rings is 1. The predicted molar refractivity (Wildman–Crippen MR) is 84.8 cm³/mol. The maximum absolute atomic E-state index is 5.95. The number of aromatic nitrogens is 3. The van der Waals surface area contributed by atoms with Crippen molar-refractivity contribution in [3.63, 3.8) is 0 Å². The Labute approximate surface area is 129 Å². The molecule has 0 fully saturated rings. The van der Waals surface area contributed by atoms with Gasteiger partial charge in [-0.3, -0.25) is 4.98 Å². The molecule has 0 saturated heterocycles. The number of nitrogens with two attached hydrogens (primary N) is 1. The smallest absolute Gasteiger partial charge is 0.260 e. The van der Waals surface area contributed by atoms with Crippen LogP contribution < -0.4 is 5.73 Å². The van der Waals surface area contributed by atoms with E-state index in [0.29, 0.717) is 23.1 Å². The fourth-order valence-electron chi connectivity index (χ4n) is 1.81. The lowest BCUT2D eigenvalue weighted by atomic mass is 10.2. The maximum Gasteiger partial charge on any atom is 0.260 e. The van der Waals surface area contributed by atoms with Gasteiger partial charge in [0.05, 0.1) is 5.56 Å². The van der Waals surface area contributed by atoms with Gasteiger partial charge in [-0.2, -0.15) is 4.98 Å². The SMILES string of the molecule is Cc1ccnc(-c2noc(-c3cc(I)ccc3N)n2)c1.